The van der Waals surface area contributed by atoms with Crippen LogP contribution in [0.3, 0.4) is 0 Å². The van der Waals surface area contributed by atoms with Crippen LogP contribution in [0.1, 0.15) is 0 Å². The minimum Gasteiger partial charge on any atom is -0.300 e. The van der Waals surface area contributed by atoms with Crippen molar-refractivity contribution < 1.29 is 0 Å². The molecule has 2 rings (SSSR count). The summed E-state index contributed by atoms with van der Waals surface area (Å²) in [6, 6.07) is 10.6. The smallest absolute Gasteiger partial charge is 0.300 e. The average molecular weight is 232 g/mol. The molecule has 1 aromatic heterocycles. The first-order valence-electron chi connectivity index (χ1n) is 5.04. The zero-order chi connectivity index (χ0) is 12.3. The van der Waals surface area contributed by atoms with Crippen molar-refractivity contribution in [3.05, 3.63) is 57.2 Å². The Kier molecular flexibility index (Phi) is 2.95. The van der Waals surface area contributed by atoms with Crippen molar-refractivity contribution in [2.45, 2.75) is 0 Å². The lowest BCUT2D eigenvalue weighted by molar-refractivity contribution is 0.777. The molecule has 0 fully saturated rings. The van der Waals surface area contributed by atoms with E-state index in [4.69, 9.17) is 0 Å². The predicted molar refractivity (Wildman–Crippen MR) is 66.0 cm³/mol. The van der Waals surface area contributed by atoms with Gasteiger partial charge in [-0.15, -0.1) is 0 Å². The van der Waals surface area contributed by atoms with E-state index in [-0.39, 0.29) is 5.56 Å². The lowest BCUT2D eigenvalue weighted by atomic mass is 10.3. The molecule has 0 amide bonds. The Balaban J connectivity index is 2.16. The molecule has 0 radical (unpaired) electrons. The van der Waals surface area contributed by atoms with E-state index < -0.39 is 5.69 Å². The minimum absolute atomic E-state index is 0.321. The Hall–Kier alpha value is -2.50. The van der Waals surface area contributed by atoms with Gasteiger partial charge >= 0.3 is 5.69 Å². The van der Waals surface area contributed by atoms with Crippen molar-refractivity contribution in [1.29, 1.82) is 0 Å². The van der Waals surface area contributed by atoms with E-state index in [1.54, 1.807) is 0 Å². The van der Waals surface area contributed by atoms with Crippen LogP contribution in [0, 0.1) is 0 Å². The van der Waals surface area contributed by atoms with Gasteiger partial charge in [-0.1, -0.05) is 18.2 Å². The Morgan fingerprint density at radius 3 is 2.47 bits per heavy atom. The zero-order valence-corrected chi connectivity index (χ0v) is 9.23. The molecule has 0 aliphatic heterocycles. The van der Waals surface area contributed by atoms with Crippen LogP contribution >= 0.6 is 0 Å². The molecular formula is C11H12N4O2. The van der Waals surface area contributed by atoms with E-state index in [0.717, 1.165) is 10.3 Å². The largest absolute Gasteiger partial charge is 0.329 e. The number of H-pyrrole nitrogens is 1. The summed E-state index contributed by atoms with van der Waals surface area (Å²) in [6.45, 7) is 0. The van der Waals surface area contributed by atoms with Crippen LogP contribution in [-0.2, 0) is 7.05 Å². The van der Waals surface area contributed by atoms with Gasteiger partial charge in [-0.2, -0.15) is 0 Å². The summed E-state index contributed by atoms with van der Waals surface area (Å²) in [5, 5.41) is 0. The average Bonchev–Trinajstić information content (AvgIpc) is 2.34. The SMILES string of the molecule is Cn1c(=O)cc(NNc2ccccc2)[nH]c1=O. The van der Waals surface area contributed by atoms with E-state index in [2.05, 4.69) is 15.8 Å². The summed E-state index contributed by atoms with van der Waals surface area (Å²) in [5.74, 6) is 0.321. The van der Waals surface area contributed by atoms with Gasteiger partial charge in [-0.25, -0.2) is 4.79 Å². The van der Waals surface area contributed by atoms with Crippen molar-refractivity contribution in [2.24, 2.45) is 7.05 Å². The number of hydrogen-bond donors (Lipinski definition) is 3. The molecular weight excluding hydrogens is 220 g/mol. The quantitative estimate of drug-likeness (QED) is 0.674. The summed E-state index contributed by atoms with van der Waals surface area (Å²) < 4.78 is 0.994. The number of anilines is 2. The Bertz CT molecular complexity index is 584. The molecule has 1 aromatic carbocycles. The number of para-hydroxylation sites is 1. The lowest BCUT2D eigenvalue weighted by Crippen LogP contribution is -2.33. The van der Waals surface area contributed by atoms with E-state index in [0.29, 0.717) is 5.82 Å². The Labute approximate surface area is 96.9 Å². The maximum atomic E-state index is 11.3. The van der Waals surface area contributed by atoms with Crippen molar-refractivity contribution >= 4 is 11.5 Å². The molecule has 17 heavy (non-hydrogen) atoms. The first kappa shape index (κ1) is 11.0. The third-order valence-electron chi connectivity index (χ3n) is 2.26. The first-order valence-corrected chi connectivity index (χ1v) is 5.04. The van der Waals surface area contributed by atoms with Crippen molar-refractivity contribution in [3.8, 4) is 0 Å². The second-order valence-corrected chi connectivity index (χ2v) is 3.50. The van der Waals surface area contributed by atoms with E-state index in [1.165, 1.54) is 13.1 Å². The number of rotatable bonds is 3. The number of aromatic nitrogens is 2. The van der Waals surface area contributed by atoms with Gasteiger partial charge in [0.05, 0.1) is 5.69 Å². The van der Waals surface area contributed by atoms with Crippen molar-refractivity contribution in [2.75, 3.05) is 10.9 Å². The number of nitrogens with one attached hydrogen (secondary N) is 3. The third-order valence-corrected chi connectivity index (χ3v) is 2.26. The van der Waals surface area contributed by atoms with Crippen molar-refractivity contribution in [1.82, 2.24) is 9.55 Å². The van der Waals surface area contributed by atoms with Gasteiger partial charge in [-0.05, 0) is 12.1 Å². The Morgan fingerprint density at radius 2 is 1.82 bits per heavy atom. The van der Waals surface area contributed by atoms with Crippen LogP contribution in [0.15, 0.2) is 46.0 Å². The fourth-order valence-corrected chi connectivity index (χ4v) is 1.28. The highest BCUT2D eigenvalue weighted by molar-refractivity contribution is 5.48. The maximum absolute atomic E-state index is 11.3. The van der Waals surface area contributed by atoms with E-state index in [9.17, 15) is 9.59 Å². The molecule has 2 aromatic rings. The van der Waals surface area contributed by atoms with Crippen LogP contribution in [0.2, 0.25) is 0 Å². The molecule has 0 atom stereocenters. The summed E-state index contributed by atoms with van der Waals surface area (Å²) in [6.07, 6.45) is 0. The maximum Gasteiger partial charge on any atom is 0.329 e. The second kappa shape index (κ2) is 4.56. The third kappa shape index (κ3) is 2.54. The number of benzene rings is 1. The van der Waals surface area contributed by atoms with Gasteiger partial charge in [0.1, 0.15) is 5.82 Å². The molecule has 0 bridgehead atoms. The number of hydrogen-bond acceptors (Lipinski definition) is 4. The predicted octanol–water partition coefficient (Wildman–Crippen LogP) is 0.513. The molecule has 0 saturated carbocycles. The number of nitrogens with zero attached hydrogens (tertiary/aromatic N) is 1. The fourth-order valence-electron chi connectivity index (χ4n) is 1.28. The molecule has 6 heteroatoms. The van der Waals surface area contributed by atoms with E-state index >= 15 is 0 Å². The molecule has 6 nitrogen and oxygen atoms in total. The molecule has 0 unspecified atom stereocenters. The lowest BCUT2D eigenvalue weighted by Gasteiger charge is -2.09. The molecule has 3 N–H and O–H groups in total. The molecule has 0 aliphatic carbocycles. The van der Waals surface area contributed by atoms with E-state index in [1.807, 2.05) is 30.3 Å². The summed E-state index contributed by atoms with van der Waals surface area (Å²) >= 11 is 0. The summed E-state index contributed by atoms with van der Waals surface area (Å²) in [4.78, 5) is 25.2. The van der Waals surface area contributed by atoms with Crippen LogP contribution in [0.4, 0.5) is 11.5 Å². The number of aromatic amines is 1. The topological polar surface area (TPSA) is 78.9 Å². The molecule has 0 saturated heterocycles. The monoisotopic (exact) mass is 232 g/mol. The van der Waals surface area contributed by atoms with Gasteiger partial charge in [0, 0.05) is 13.1 Å². The zero-order valence-electron chi connectivity index (χ0n) is 9.23. The molecule has 88 valence electrons. The summed E-state index contributed by atoms with van der Waals surface area (Å²) in [5.41, 5.74) is 5.61. The summed E-state index contributed by atoms with van der Waals surface area (Å²) in [7, 11) is 1.41. The van der Waals surface area contributed by atoms with Crippen LogP contribution in [0.25, 0.3) is 0 Å². The van der Waals surface area contributed by atoms with Crippen LogP contribution in [0.5, 0.6) is 0 Å². The number of hydrazine groups is 1. The highest BCUT2D eigenvalue weighted by atomic mass is 16.2. The highest BCUT2D eigenvalue weighted by Crippen LogP contribution is 2.04. The van der Waals surface area contributed by atoms with Gasteiger partial charge in [0.2, 0.25) is 0 Å². The van der Waals surface area contributed by atoms with Gasteiger partial charge in [0.25, 0.3) is 5.56 Å². The fraction of sp³-hybridized carbons (Fsp3) is 0.0909. The van der Waals surface area contributed by atoms with Gasteiger partial charge in [0.15, 0.2) is 0 Å². The van der Waals surface area contributed by atoms with Gasteiger partial charge in [-0.3, -0.25) is 25.2 Å². The molecule has 0 aliphatic rings. The first-order chi connectivity index (χ1) is 8.16. The normalized spacial score (nSPS) is 9.94. The molecule has 0 spiro atoms. The standard InChI is InChI=1S/C11H12N4O2/c1-15-10(16)7-9(12-11(15)17)14-13-8-5-3-2-4-6-8/h2-7,13-14H,1H3,(H,12,17). The van der Waals surface area contributed by atoms with Gasteiger partial charge < -0.3 is 0 Å². The molecule has 1 heterocycles. The van der Waals surface area contributed by atoms with Crippen molar-refractivity contribution in [3.63, 3.8) is 0 Å². The Morgan fingerprint density at radius 1 is 1.12 bits per heavy atom. The highest BCUT2D eigenvalue weighted by Gasteiger charge is 1.99. The van der Waals surface area contributed by atoms with Crippen LogP contribution < -0.4 is 22.1 Å². The van der Waals surface area contributed by atoms with Crippen LogP contribution in [-0.4, -0.2) is 9.55 Å². The minimum atomic E-state index is -0.463. The second-order valence-electron chi connectivity index (χ2n) is 3.50.